The van der Waals surface area contributed by atoms with Crippen molar-refractivity contribution in [3.63, 3.8) is 0 Å². The van der Waals surface area contributed by atoms with Crippen LogP contribution in [0.3, 0.4) is 0 Å². The molecule has 1 amide bonds. The molecule has 1 saturated heterocycles. The Bertz CT molecular complexity index is 630. The lowest BCUT2D eigenvalue weighted by molar-refractivity contribution is 0.0510. The number of carbonyl (C=O) groups excluding carboxylic acids is 2. The van der Waals surface area contributed by atoms with E-state index in [9.17, 15) is 9.59 Å². The molecule has 0 unspecified atom stereocenters. The summed E-state index contributed by atoms with van der Waals surface area (Å²) < 4.78 is 5.40. The minimum atomic E-state index is -0.122. The molecule has 1 aromatic heterocycles. The number of piperidine rings is 1. The Morgan fingerprint density at radius 2 is 2.00 bits per heavy atom. The molecular weight excluding hydrogens is 342 g/mol. The largest absolute Gasteiger partial charge is 0.384 e. The standard InChI is InChI=1S/C18H27N3O3.ClH/c1-12-15-13(4-3-5-14(15)22)21-16(12)17(23)20-10-18(11-24-2)6-8-19-9-7-18;/h19,21H,3-11H2,1-2H3,(H,20,23);1H. The summed E-state index contributed by atoms with van der Waals surface area (Å²) in [6.07, 6.45) is 4.25. The van der Waals surface area contributed by atoms with Gasteiger partial charge < -0.3 is 20.4 Å². The third kappa shape index (κ3) is 4.07. The quantitative estimate of drug-likeness (QED) is 0.741. The van der Waals surface area contributed by atoms with Gasteiger partial charge in [0.15, 0.2) is 5.78 Å². The molecule has 1 aliphatic heterocycles. The number of nitrogens with one attached hydrogen (secondary N) is 3. The fourth-order valence-electron chi connectivity index (χ4n) is 3.99. The lowest BCUT2D eigenvalue weighted by Crippen LogP contribution is -2.47. The first-order chi connectivity index (χ1) is 11.6. The minimum Gasteiger partial charge on any atom is -0.384 e. The molecule has 140 valence electrons. The predicted octanol–water partition coefficient (Wildman–Crippen LogP) is 2.01. The van der Waals surface area contributed by atoms with Gasteiger partial charge in [0.1, 0.15) is 5.69 Å². The van der Waals surface area contributed by atoms with Crippen molar-refractivity contribution in [1.29, 1.82) is 0 Å². The molecule has 0 spiro atoms. The van der Waals surface area contributed by atoms with E-state index in [0.29, 0.717) is 25.3 Å². The van der Waals surface area contributed by atoms with E-state index in [0.717, 1.165) is 55.6 Å². The lowest BCUT2D eigenvalue weighted by atomic mass is 9.79. The fraction of sp³-hybridized carbons (Fsp3) is 0.667. The highest BCUT2D eigenvalue weighted by molar-refractivity contribution is 6.04. The number of aromatic amines is 1. The first-order valence-corrected chi connectivity index (χ1v) is 8.79. The monoisotopic (exact) mass is 369 g/mol. The molecule has 3 rings (SSSR count). The third-order valence-corrected chi connectivity index (χ3v) is 5.40. The Balaban J connectivity index is 0.00000225. The number of carbonyl (C=O) groups is 2. The molecule has 1 aromatic rings. The molecular formula is C18H28ClN3O3. The summed E-state index contributed by atoms with van der Waals surface area (Å²) >= 11 is 0. The number of fused-ring (bicyclic) bond motifs is 1. The van der Waals surface area contributed by atoms with Crippen LogP contribution in [0, 0.1) is 12.3 Å². The van der Waals surface area contributed by atoms with Crippen LogP contribution in [0.1, 0.15) is 57.8 Å². The van der Waals surface area contributed by atoms with E-state index in [1.165, 1.54) is 0 Å². The van der Waals surface area contributed by atoms with Gasteiger partial charge in [-0.05, 0) is 51.3 Å². The number of hydrogen-bond donors (Lipinski definition) is 3. The van der Waals surface area contributed by atoms with Crippen LogP contribution in [0.25, 0.3) is 0 Å². The second-order valence-corrected chi connectivity index (χ2v) is 7.12. The number of methoxy groups -OCH3 is 1. The van der Waals surface area contributed by atoms with Crippen molar-refractivity contribution < 1.29 is 14.3 Å². The van der Waals surface area contributed by atoms with Crippen LogP contribution in [-0.4, -0.2) is 50.0 Å². The number of hydrogen-bond acceptors (Lipinski definition) is 4. The van der Waals surface area contributed by atoms with Gasteiger partial charge in [0.2, 0.25) is 0 Å². The molecule has 0 aromatic carbocycles. The van der Waals surface area contributed by atoms with Gasteiger partial charge in [-0.1, -0.05) is 0 Å². The Morgan fingerprint density at radius 3 is 2.64 bits per heavy atom. The van der Waals surface area contributed by atoms with Crippen molar-refractivity contribution in [2.75, 3.05) is 33.4 Å². The van der Waals surface area contributed by atoms with Crippen LogP contribution in [0.5, 0.6) is 0 Å². The van der Waals surface area contributed by atoms with Gasteiger partial charge in [-0.25, -0.2) is 0 Å². The lowest BCUT2D eigenvalue weighted by Gasteiger charge is -2.37. The molecule has 0 atom stereocenters. The van der Waals surface area contributed by atoms with Gasteiger partial charge in [-0.15, -0.1) is 12.4 Å². The molecule has 0 bridgehead atoms. The van der Waals surface area contributed by atoms with Gasteiger partial charge in [-0.3, -0.25) is 9.59 Å². The zero-order chi connectivity index (χ0) is 17.2. The van der Waals surface area contributed by atoms with E-state index >= 15 is 0 Å². The van der Waals surface area contributed by atoms with E-state index in [4.69, 9.17) is 4.74 Å². The van der Waals surface area contributed by atoms with Crippen LogP contribution in [0.4, 0.5) is 0 Å². The van der Waals surface area contributed by atoms with Gasteiger partial charge in [0.25, 0.3) is 5.91 Å². The first-order valence-electron chi connectivity index (χ1n) is 8.79. The average molecular weight is 370 g/mol. The fourth-order valence-corrected chi connectivity index (χ4v) is 3.99. The number of amides is 1. The zero-order valence-electron chi connectivity index (χ0n) is 15.0. The van der Waals surface area contributed by atoms with Crippen LogP contribution >= 0.6 is 12.4 Å². The second-order valence-electron chi connectivity index (χ2n) is 7.12. The molecule has 25 heavy (non-hydrogen) atoms. The van der Waals surface area contributed by atoms with E-state index in [1.54, 1.807) is 7.11 Å². The smallest absolute Gasteiger partial charge is 0.268 e. The summed E-state index contributed by atoms with van der Waals surface area (Å²) in [5, 5.41) is 6.42. The van der Waals surface area contributed by atoms with Gasteiger partial charge in [0.05, 0.1) is 6.61 Å². The predicted molar refractivity (Wildman–Crippen MR) is 98.8 cm³/mol. The van der Waals surface area contributed by atoms with E-state index < -0.39 is 0 Å². The average Bonchev–Trinajstić information content (AvgIpc) is 2.92. The van der Waals surface area contributed by atoms with Gasteiger partial charge >= 0.3 is 0 Å². The van der Waals surface area contributed by atoms with E-state index in [2.05, 4.69) is 15.6 Å². The molecule has 1 fully saturated rings. The number of ketones is 1. The third-order valence-electron chi connectivity index (χ3n) is 5.40. The molecule has 2 aliphatic rings. The van der Waals surface area contributed by atoms with E-state index in [-0.39, 0.29) is 29.5 Å². The van der Waals surface area contributed by atoms with Crippen molar-refractivity contribution in [2.24, 2.45) is 5.41 Å². The molecule has 1 aliphatic carbocycles. The molecule has 7 heteroatoms. The normalized spacial score (nSPS) is 19.0. The summed E-state index contributed by atoms with van der Waals surface area (Å²) in [5.41, 5.74) is 2.98. The van der Waals surface area contributed by atoms with Crippen LogP contribution in [-0.2, 0) is 11.2 Å². The Kier molecular flexibility index (Phi) is 6.65. The summed E-state index contributed by atoms with van der Waals surface area (Å²) in [6, 6.07) is 0. The maximum Gasteiger partial charge on any atom is 0.268 e. The zero-order valence-corrected chi connectivity index (χ0v) is 15.8. The first kappa shape index (κ1) is 19.9. The number of rotatable bonds is 5. The van der Waals surface area contributed by atoms with Crippen molar-refractivity contribution in [1.82, 2.24) is 15.6 Å². The Hall–Kier alpha value is -1.37. The highest BCUT2D eigenvalue weighted by Crippen LogP contribution is 2.29. The van der Waals surface area contributed by atoms with Crippen molar-refractivity contribution in [3.05, 3.63) is 22.5 Å². The van der Waals surface area contributed by atoms with E-state index in [1.807, 2.05) is 6.92 Å². The van der Waals surface area contributed by atoms with Crippen LogP contribution in [0.2, 0.25) is 0 Å². The molecule has 6 nitrogen and oxygen atoms in total. The Labute approximate surface area is 154 Å². The number of aryl methyl sites for hydroxylation is 1. The highest BCUT2D eigenvalue weighted by Gasteiger charge is 2.33. The number of halogens is 1. The molecule has 2 heterocycles. The maximum atomic E-state index is 12.7. The molecule has 3 N–H and O–H groups in total. The van der Waals surface area contributed by atoms with Gasteiger partial charge in [0, 0.05) is 36.7 Å². The maximum absolute atomic E-state index is 12.7. The number of aromatic nitrogens is 1. The molecule has 0 saturated carbocycles. The summed E-state index contributed by atoms with van der Waals surface area (Å²) in [5.74, 6) is 0.0296. The molecule has 0 radical (unpaired) electrons. The van der Waals surface area contributed by atoms with Crippen molar-refractivity contribution >= 4 is 24.1 Å². The highest BCUT2D eigenvalue weighted by atomic mass is 35.5. The van der Waals surface area contributed by atoms with Gasteiger partial charge in [-0.2, -0.15) is 0 Å². The number of Topliss-reactive ketones (excluding diaryl/α,β-unsaturated/α-hetero) is 1. The minimum absolute atomic E-state index is 0. The van der Waals surface area contributed by atoms with Crippen molar-refractivity contribution in [3.8, 4) is 0 Å². The SMILES string of the molecule is COCC1(CNC(=O)c2[nH]c3c(c2C)C(=O)CCC3)CCNCC1.Cl. The van der Waals surface area contributed by atoms with Crippen molar-refractivity contribution in [2.45, 2.75) is 39.0 Å². The summed E-state index contributed by atoms with van der Waals surface area (Å²) in [6.45, 7) is 5.00. The summed E-state index contributed by atoms with van der Waals surface area (Å²) in [7, 11) is 1.71. The van der Waals surface area contributed by atoms with Crippen LogP contribution in [0.15, 0.2) is 0 Å². The second kappa shape index (κ2) is 8.34. The number of ether oxygens (including phenoxy) is 1. The van der Waals surface area contributed by atoms with Crippen LogP contribution < -0.4 is 10.6 Å². The Morgan fingerprint density at radius 1 is 1.28 bits per heavy atom. The topological polar surface area (TPSA) is 83.2 Å². The summed E-state index contributed by atoms with van der Waals surface area (Å²) in [4.78, 5) is 28.0. The number of H-pyrrole nitrogens is 1.